The van der Waals surface area contributed by atoms with Crippen LogP contribution in [0.4, 0.5) is 0 Å². The van der Waals surface area contributed by atoms with Crippen LogP contribution in [0.1, 0.15) is 54.2 Å². The van der Waals surface area contributed by atoms with Gasteiger partial charge in [-0.3, -0.25) is 4.90 Å². The quantitative estimate of drug-likeness (QED) is 0.642. The van der Waals surface area contributed by atoms with E-state index in [1.165, 1.54) is 19.3 Å². The van der Waals surface area contributed by atoms with E-state index in [-0.39, 0.29) is 5.69 Å². The second-order valence-corrected chi connectivity index (χ2v) is 8.17. The van der Waals surface area contributed by atoms with Gasteiger partial charge < -0.3 is 9.84 Å². The lowest BCUT2D eigenvalue weighted by Gasteiger charge is -2.24. The zero-order chi connectivity index (χ0) is 20.5. The van der Waals surface area contributed by atoms with Crippen LogP contribution >= 0.6 is 0 Å². The van der Waals surface area contributed by atoms with E-state index in [0.29, 0.717) is 23.9 Å². The summed E-state index contributed by atoms with van der Waals surface area (Å²) in [5, 5.41) is 15.4. The summed E-state index contributed by atoms with van der Waals surface area (Å²) in [7, 11) is 0. The normalized spacial score (nSPS) is 17.3. The molecule has 3 heterocycles. The van der Waals surface area contributed by atoms with Gasteiger partial charge in [-0.25, -0.2) is 14.5 Å². The zero-order valence-electron chi connectivity index (χ0n) is 17.0. The molecule has 1 saturated heterocycles. The minimum absolute atomic E-state index is 0.0177. The van der Waals surface area contributed by atoms with Crippen molar-refractivity contribution in [3.8, 4) is 11.4 Å². The Morgan fingerprint density at radius 2 is 1.90 bits per heavy atom. The Morgan fingerprint density at radius 3 is 2.57 bits per heavy atom. The lowest BCUT2D eigenvalue weighted by molar-refractivity contribution is 0.0690. The third kappa shape index (κ3) is 3.54. The highest BCUT2D eigenvalue weighted by atomic mass is 16.5. The zero-order valence-corrected chi connectivity index (χ0v) is 17.0. The van der Waals surface area contributed by atoms with Gasteiger partial charge in [0.05, 0.1) is 16.8 Å². The highest BCUT2D eigenvalue weighted by molar-refractivity contribution is 5.94. The van der Waals surface area contributed by atoms with Crippen molar-refractivity contribution in [1.82, 2.24) is 19.7 Å². The maximum Gasteiger partial charge on any atom is 0.354 e. The van der Waals surface area contributed by atoms with E-state index in [2.05, 4.69) is 9.88 Å². The van der Waals surface area contributed by atoms with Gasteiger partial charge in [0, 0.05) is 18.5 Å². The molecule has 1 N–H and O–H groups in total. The number of rotatable bonds is 7. The van der Waals surface area contributed by atoms with Crippen LogP contribution in [-0.4, -0.2) is 57.0 Å². The van der Waals surface area contributed by atoms with Crippen molar-refractivity contribution in [2.45, 2.75) is 38.0 Å². The maximum atomic E-state index is 11.8. The standard InChI is InChI=1S/C23H26N4O3/c28-23(29)18-15-19(30-14-13-26-11-4-5-12-26)20-21(16-7-6-8-16)25-27(22(20)24-18)17-9-2-1-3-10-17/h1-3,9-10,15-16H,4-8,11-14H2,(H,28,29). The van der Waals surface area contributed by atoms with Crippen LogP contribution in [0.5, 0.6) is 5.75 Å². The Balaban J connectivity index is 1.59. The average molecular weight is 406 g/mol. The summed E-state index contributed by atoms with van der Waals surface area (Å²) in [6.07, 6.45) is 5.84. The number of carboxylic acids is 1. The number of benzene rings is 1. The minimum atomic E-state index is -1.06. The van der Waals surface area contributed by atoms with E-state index >= 15 is 0 Å². The second kappa shape index (κ2) is 8.07. The monoisotopic (exact) mass is 406 g/mol. The Hall–Kier alpha value is -2.93. The molecule has 1 aliphatic heterocycles. The number of hydrogen-bond acceptors (Lipinski definition) is 5. The van der Waals surface area contributed by atoms with Gasteiger partial charge in [-0.05, 0) is 50.9 Å². The molecule has 0 radical (unpaired) electrons. The number of hydrogen-bond donors (Lipinski definition) is 1. The van der Waals surface area contributed by atoms with E-state index in [1.807, 2.05) is 30.3 Å². The number of pyridine rings is 1. The number of nitrogens with zero attached hydrogens (tertiary/aromatic N) is 4. The largest absolute Gasteiger partial charge is 0.491 e. The summed E-state index contributed by atoms with van der Waals surface area (Å²) in [5.74, 6) is -0.108. The predicted molar refractivity (Wildman–Crippen MR) is 114 cm³/mol. The third-order valence-electron chi connectivity index (χ3n) is 6.20. The number of aromatic nitrogens is 3. The molecule has 0 bridgehead atoms. The van der Waals surface area contributed by atoms with Crippen LogP contribution < -0.4 is 4.74 Å². The number of likely N-dealkylation sites (tertiary alicyclic amines) is 1. The summed E-state index contributed by atoms with van der Waals surface area (Å²) < 4.78 is 7.95. The fourth-order valence-electron chi connectivity index (χ4n) is 4.34. The fourth-order valence-corrected chi connectivity index (χ4v) is 4.34. The number of ether oxygens (including phenoxy) is 1. The van der Waals surface area contributed by atoms with Gasteiger partial charge >= 0.3 is 5.97 Å². The number of carboxylic acid groups (broad SMARTS) is 1. The van der Waals surface area contributed by atoms with Gasteiger partial charge in [0.2, 0.25) is 0 Å². The Morgan fingerprint density at radius 1 is 1.13 bits per heavy atom. The van der Waals surface area contributed by atoms with Crippen molar-refractivity contribution in [3.05, 3.63) is 47.8 Å². The summed E-state index contributed by atoms with van der Waals surface area (Å²) in [4.78, 5) is 18.6. The molecule has 5 rings (SSSR count). The highest BCUT2D eigenvalue weighted by Gasteiger charge is 2.29. The van der Waals surface area contributed by atoms with Crippen molar-refractivity contribution in [2.75, 3.05) is 26.2 Å². The summed E-state index contributed by atoms with van der Waals surface area (Å²) in [5.41, 5.74) is 2.38. The Kier molecular flexibility index (Phi) is 5.12. The first-order valence-corrected chi connectivity index (χ1v) is 10.8. The van der Waals surface area contributed by atoms with Crippen LogP contribution in [-0.2, 0) is 0 Å². The fraction of sp³-hybridized carbons (Fsp3) is 0.435. The van der Waals surface area contributed by atoms with Crippen molar-refractivity contribution in [1.29, 1.82) is 0 Å². The van der Waals surface area contributed by atoms with Gasteiger partial charge in [0.1, 0.15) is 12.4 Å². The molecule has 7 heteroatoms. The van der Waals surface area contributed by atoms with Gasteiger partial charge in [0.15, 0.2) is 11.3 Å². The Bertz CT molecular complexity index is 1050. The van der Waals surface area contributed by atoms with Crippen LogP contribution in [0, 0.1) is 0 Å². The topological polar surface area (TPSA) is 80.5 Å². The first kappa shape index (κ1) is 19.1. The maximum absolute atomic E-state index is 11.8. The molecule has 3 aromatic rings. The van der Waals surface area contributed by atoms with E-state index in [0.717, 1.165) is 49.2 Å². The molecule has 7 nitrogen and oxygen atoms in total. The van der Waals surface area contributed by atoms with Crippen molar-refractivity contribution >= 4 is 17.0 Å². The molecule has 1 aliphatic carbocycles. The lowest BCUT2D eigenvalue weighted by atomic mass is 9.82. The van der Waals surface area contributed by atoms with Crippen molar-refractivity contribution < 1.29 is 14.6 Å². The van der Waals surface area contributed by atoms with Crippen molar-refractivity contribution in [2.24, 2.45) is 0 Å². The van der Waals surface area contributed by atoms with Gasteiger partial charge in [-0.2, -0.15) is 5.10 Å². The molecule has 0 unspecified atom stereocenters. The molecule has 2 aliphatic rings. The summed E-state index contributed by atoms with van der Waals surface area (Å²) in [6, 6.07) is 11.3. The molecule has 0 atom stereocenters. The molecule has 156 valence electrons. The average Bonchev–Trinajstić information content (AvgIpc) is 3.36. The van der Waals surface area contributed by atoms with E-state index in [4.69, 9.17) is 9.84 Å². The first-order chi connectivity index (χ1) is 14.7. The van der Waals surface area contributed by atoms with Gasteiger partial charge in [0.25, 0.3) is 0 Å². The van der Waals surface area contributed by atoms with Crippen LogP contribution in [0.15, 0.2) is 36.4 Å². The minimum Gasteiger partial charge on any atom is -0.491 e. The smallest absolute Gasteiger partial charge is 0.354 e. The molecule has 1 saturated carbocycles. The molecular formula is C23H26N4O3. The molecule has 1 aromatic carbocycles. The lowest BCUT2D eigenvalue weighted by Crippen LogP contribution is -2.25. The number of aromatic carboxylic acids is 1. The van der Waals surface area contributed by atoms with Crippen LogP contribution in [0.3, 0.4) is 0 Å². The molecule has 0 spiro atoms. The third-order valence-corrected chi connectivity index (χ3v) is 6.20. The second-order valence-electron chi connectivity index (χ2n) is 8.17. The van der Waals surface area contributed by atoms with Crippen molar-refractivity contribution in [3.63, 3.8) is 0 Å². The Labute approximate surface area is 175 Å². The van der Waals surface area contributed by atoms with E-state index in [1.54, 1.807) is 10.7 Å². The predicted octanol–water partition coefficient (Wildman–Crippen LogP) is 3.86. The van der Waals surface area contributed by atoms with Crippen LogP contribution in [0.2, 0.25) is 0 Å². The SMILES string of the molecule is O=C(O)c1cc(OCCN2CCCC2)c2c(C3CCC3)nn(-c3ccccc3)c2n1. The summed E-state index contributed by atoms with van der Waals surface area (Å²) >= 11 is 0. The van der Waals surface area contributed by atoms with Gasteiger partial charge in [-0.15, -0.1) is 0 Å². The van der Waals surface area contributed by atoms with Gasteiger partial charge in [-0.1, -0.05) is 24.6 Å². The molecule has 0 amide bonds. The summed E-state index contributed by atoms with van der Waals surface area (Å²) in [6.45, 7) is 3.58. The molecule has 30 heavy (non-hydrogen) atoms. The molecule has 2 aromatic heterocycles. The van der Waals surface area contributed by atoms with E-state index in [9.17, 15) is 9.90 Å². The van der Waals surface area contributed by atoms with E-state index < -0.39 is 5.97 Å². The number of carbonyl (C=O) groups is 1. The first-order valence-electron chi connectivity index (χ1n) is 10.8. The van der Waals surface area contributed by atoms with Crippen LogP contribution in [0.25, 0.3) is 16.7 Å². The highest BCUT2D eigenvalue weighted by Crippen LogP contribution is 2.42. The number of para-hydroxylation sites is 1. The molecular weight excluding hydrogens is 380 g/mol. The number of fused-ring (bicyclic) bond motifs is 1. The molecule has 2 fully saturated rings.